The Morgan fingerprint density at radius 1 is 1.00 bits per heavy atom. The van der Waals surface area contributed by atoms with E-state index in [4.69, 9.17) is 5.11 Å². The molecule has 2 rings (SSSR count). The van der Waals surface area contributed by atoms with Crippen molar-refractivity contribution in [3.63, 3.8) is 0 Å². The van der Waals surface area contributed by atoms with Gasteiger partial charge in [-0.1, -0.05) is 25.7 Å². The molecule has 0 atom stereocenters. The average molecular weight is 297 g/mol. The quantitative estimate of drug-likeness (QED) is 0.842. The molecule has 1 aliphatic carbocycles. The highest BCUT2D eigenvalue weighted by Crippen LogP contribution is 2.19. The number of benzene rings is 1. The fourth-order valence-corrected chi connectivity index (χ4v) is 2.60. The van der Waals surface area contributed by atoms with Crippen LogP contribution in [-0.2, 0) is 0 Å². The molecule has 114 valence electrons. The zero-order chi connectivity index (χ0) is 15.4. The summed E-state index contributed by atoms with van der Waals surface area (Å²) >= 11 is 0. The van der Waals surface area contributed by atoms with Gasteiger partial charge in [-0.05, 0) is 25.0 Å². The van der Waals surface area contributed by atoms with E-state index in [9.17, 15) is 18.4 Å². The molecule has 1 aromatic rings. The minimum atomic E-state index is -1.46. The normalized spacial score (nSPS) is 16.3. The standard InChI is InChI=1S/C15H17F2NO3/c16-12-7-10(11(15(20)21)8-13(12)17)14(19)18-9-5-3-1-2-4-6-9/h7-9H,1-6H2,(H,18,19)(H,20,21). The van der Waals surface area contributed by atoms with E-state index in [1.807, 2.05) is 0 Å². The van der Waals surface area contributed by atoms with Gasteiger partial charge in [0.2, 0.25) is 0 Å². The van der Waals surface area contributed by atoms with Crippen molar-refractivity contribution in [1.29, 1.82) is 0 Å². The van der Waals surface area contributed by atoms with Crippen LogP contribution in [-0.4, -0.2) is 23.0 Å². The zero-order valence-electron chi connectivity index (χ0n) is 11.5. The molecule has 0 unspecified atom stereocenters. The third-order valence-corrected chi connectivity index (χ3v) is 3.73. The third-order valence-electron chi connectivity index (χ3n) is 3.73. The van der Waals surface area contributed by atoms with Crippen LogP contribution in [0.4, 0.5) is 8.78 Å². The molecule has 1 saturated carbocycles. The highest BCUT2D eigenvalue weighted by atomic mass is 19.2. The molecule has 0 spiro atoms. The maximum atomic E-state index is 13.3. The Bertz CT molecular complexity index is 552. The van der Waals surface area contributed by atoms with Crippen molar-refractivity contribution in [2.24, 2.45) is 0 Å². The van der Waals surface area contributed by atoms with Crippen LogP contribution < -0.4 is 5.32 Å². The lowest BCUT2D eigenvalue weighted by atomic mass is 10.0. The van der Waals surface area contributed by atoms with Gasteiger partial charge in [0.1, 0.15) is 0 Å². The van der Waals surface area contributed by atoms with Gasteiger partial charge < -0.3 is 10.4 Å². The van der Waals surface area contributed by atoms with E-state index in [0.29, 0.717) is 12.1 Å². The SMILES string of the molecule is O=C(O)c1cc(F)c(F)cc1C(=O)NC1CCCCCC1. The summed E-state index contributed by atoms with van der Waals surface area (Å²) in [7, 11) is 0. The van der Waals surface area contributed by atoms with E-state index in [0.717, 1.165) is 38.5 Å². The van der Waals surface area contributed by atoms with Gasteiger partial charge in [0.05, 0.1) is 11.1 Å². The van der Waals surface area contributed by atoms with Crippen LogP contribution in [0.1, 0.15) is 59.2 Å². The second-order valence-electron chi connectivity index (χ2n) is 5.28. The number of nitrogens with one attached hydrogen (secondary N) is 1. The molecule has 0 aliphatic heterocycles. The molecule has 0 aromatic heterocycles. The number of halogens is 2. The lowest BCUT2D eigenvalue weighted by Crippen LogP contribution is -2.35. The minimum absolute atomic E-state index is 0.0465. The largest absolute Gasteiger partial charge is 0.478 e. The maximum absolute atomic E-state index is 13.3. The number of hydrogen-bond acceptors (Lipinski definition) is 2. The van der Waals surface area contributed by atoms with Gasteiger partial charge in [0.15, 0.2) is 11.6 Å². The van der Waals surface area contributed by atoms with E-state index < -0.39 is 29.1 Å². The summed E-state index contributed by atoms with van der Waals surface area (Å²) in [6, 6.07) is 1.14. The first-order chi connectivity index (χ1) is 9.99. The van der Waals surface area contributed by atoms with E-state index in [1.165, 1.54) is 0 Å². The van der Waals surface area contributed by atoms with Gasteiger partial charge in [-0.15, -0.1) is 0 Å². The molecule has 4 nitrogen and oxygen atoms in total. The van der Waals surface area contributed by atoms with Crippen molar-refractivity contribution in [1.82, 2.24) is 5.32 Å². The zero-order valence-corrected chi connectivity index (χ0v) is 11.5. The average Bonchev–Trinajstić information content (AvgIpc) is 2.69. The topological polar surface area (TPSA) is 66.4 Å². The van der Waals surface area contributed by atoms with Gasteiger partial charge in [-0.2, -0.15) is 0 Å². The lowest BCUT2D eigenvalue weighted by molar-refractivity contribution is 0.0689. The Balaban J connectivity index is 2.21. The number of carbonyl (C=O) groups excluding carboxylic acids is 1. The first-order valence-electron chi connectivity index (χ1n) is 7.02. The van der Waals surface area contributed by atoms with Crippen LogP contribution in [0.2, 0.25) is 0 Å². The molecule has 1 amide bonds. The van der Waals surface area contributed by atoms with E-state index >= 15 is 0 Å². The molecule has 0 radical (unpaired) electrons. The minimum Gasteiger partial charge on any atom is -0.478 e. The van der Waals surface area contributed by atoms with Crippen LogP contribution in [0.5, 0.6) is 0 Å². The number of hydrogen-bond donors (Lipinski definition) is 2. The van der Waals surface area contributed by atoms with Gasteiger partial charge in [0.25, 0.3) is 5.91 Å². The van der Waals surface area contributed by atoms with Gasteiger partial charge in [0, 0.05) is 6.04 Å². The van der Waals surface area contributed by atoms with E-state index in [-0.39, 0.29) is 11.6 Å². The lowest BCUT2D eigenvalue weighted by Gasteiger charge is -2.17. The number of carbonyl (C=O) groups is 2. The fraction of sp³-hybridized carbons (Fsp3) is 0.467. The summed E-state index contributed by atoms with van der Waals surface area (Å²) in [5, 5.41) is 11.7. The van der Waals surface area contributed by atoms with Crippen LogP contribution >= 0.6 is 0 Å². The molecule has 6 heteroatoms. The first kappa shape index (κ1) is 15.4. The second kappa shape index (κ2) is 6.65. The van der Waals surface area contributed by atoms with Crippen molar-refractivity contribution in [3.05, 3.63) is 34.9 Å². The Labute approximate surface area is 121 Å². The molecule has 0 bridgehead atoms. The maximum Gasteiger partial charge on any atom is 0.336 e. The van der Waals surface area contributed by atoms with E-state index in [2.05, 4.69) is 5.32 Å². The fourth-order valence-electron chi connectivity index (χ4n) is 2.60. The molecule has 0 heterocycles. The van der Waals surface area contributed by atoms with Crippen molar-refractivity contribution in [2.45, 2.75) is 44.6 Å². The monoisotopic (exact) mass is 297 g/mol. The van der Waals surface area contributed by atoms with Gasteiger partial charge in [-0.25, -0.2) is 13.6 Å². The van der Waals surface area contributed by atoms with Crippen molar-refractivity contribution >= 4 is 11.9 Å². The predicted molar refractivity (Wildman–Crippen MR) is 72.3 cm³/mol. The van der Waals surface area contributed by atoms with Gasteiger partial charge >= 0.3 is 5.97 Å². The molecule has 0 saturated heterocycles. The summed E-state index contributed by atoms with van der Waals surface area (Å²) in [5.74, 6) is -4.64. The summed E-state index contributed by atoms with van der Waals surface area (Å²) < 4.78 is 26.4. The Hall–Kier alpha value is -1.98. The molecule has 1 aromatic carbocycles. The number of carboxylic acids is 1. The molecular formula is C15H17F2NO3. The number of carboxylic acid groups (broad SMARTS) is 1. The molecule has 1 aliphatic rings. The molecule has 2 N–H and O–H groups in total. The Kier molecular flexibility index (Phi) is 4.88. The third kappa shape index (κ3) is 3.77. The smallest absolute Gasteiger partial charge is 0.336 e. The van der Waals surface area contributed by atoms with Crippen LogP contribution in [0, 0.1) is 11.6 Å². The molecular weight excluding hydrogens is 280 g/mol. The highest BCUT2D eigenvalue weighted by Gasteiger charge is 2.22. The van der Waals surface area contributed by atoms with Crippen molar-refractivity contribution in [3.8, 4) is 0 Å². The van der Waals surface area contributed by atoms with E-state index in [1.54, 1.807) is 0 Å². The van der Waals surface area contributed by atoms with Crippen molar-refractivity contribution in [2.75, 3.05) is 0 Å². The van der Waals surface area contributed by atoms with Crippen LogP contribution in [0.15, 0.2) is 12.1 Å². The predicted octanol–water partition coefficient (Wildman–Crippen LogP) is 3.12. The highest BCUT2D eigenvalue weighted by molar-refractivity contribution is 6.04. The second-order valence-corrected chi connectivity index (χ2v) is 5.28. The summed E-state index contributed by atoms with van der Waals surface area (Å²) in [4.78, 5) is 23.2. The Morgan fingerprint density at radius 3 is 2.05 bits per heavy atom. The molecule has 1 fully saturated rings. The Morgan fingerprint density at radius 2 is 1.52 bits per heavy atom. The molecule has 21 heavy (non-hydrogen) atoms. The number of rotatable bonds is 3. The number of amides is 1. The first-order valence-corrected chi connectivity index (χ1v) is 7.02. The summed E-state index contributed by atoms with van der Waals surface area (Å²) in [6.45, 7) is 0. The summed E-state index contributed by atoms with van der Waals surface area (Å²) in [6.07, 6.45) is 5.84. The van der Waals surface area contributed by atoms with Gasteiger partial charge in [-0.3, -0.25) is 4.79 Å². The van der Waals surface area contributed by atoms with Crippen LogP contribution in [0.25, 0.3) is 0 Å². The van der Waals surface area contributed by atoms with Crippen LogP contribution in [0.3, 0.4) is 0 Å². The summed E-state index contributed by atoms with van der Waals surface area (Å²) in [5.41, 5.74) is -0.870. The van der Waals surface area contributed by atoms with Crippen molar-refractivity contribution < 1.29 is 23.5 Å². The number of aromatic carboxylic acids is 1.